The van der Waals surface area contributed by atoms with Crippen LogP contribution >= 0.6 is 22.6 Å². The van der Waals surface area contributed by atoms with E-state index in [-0.39, 0.29) is 18.0 Å². The van der Waals surface area contributed by atoms with Gasteiger partial charge in [-0.15, -0.1) is 0 Å². The molecule has 0 aliphatic carbocycles. The molecule has 0 atom stereocenters. The van der Waals surface area contributed by atoms with E-state index in [9.17, 15) is 9.18 Å². The molecule has 0 aliphatic heterocycles. The van der Waals surface area contributed by atoms with Crippen LogP contribution < -0.4 is 4.74 Å². The smallest absolute Gasteiger partial charge is 0.168 e. The predicted octanol–water partition coefficient (Wildman–Crippen LogP) is 4.17. The Kier molecular flexibility index (Phi) is 4.75. The summed E-state index contributed by atoms with van der Waals surface area (Å²) in [6, 6.07) is 10.2. The Morgan fingerprint density at radius 3 is 2.70 bits per heavy atom. The van der Waals surface area contributed by atoms with Gasteiger partial charge in [-0.1, -0.05) is 24.3 Å². The fourth-order valence-electron chi connectivity index (χ4n) is 1.96. The summed E-state index contributed by atoms with van der Waals surface area (Å²) in [5, 5.41) is 0. The lowest BCUT2D eigenvalue weighted by molar-refractivity contribution is 0.0992. The van der Waals surface area contributed by atoms with Crippen LogP contribution in [0.15, 0.2) is 36.4 Å². The van der Waals surface area contributed by atoms with E-state index < -0.39 is 5.82 Å². The number of halogens is 2. The molecule has 0 heterocycles. The number of ether oxygens (including phenoxy) is 1. The highest BCUT2D eigenvalue weighted by Gasteiger charge is 2.13. The molecule has 0 aromatic heterocycles. The van der Waals surface area contributed by atoms with E-state index >= 15 is 0 Å². The molecule has 0 N–H and O–H groups in total. The highest BCUT2D eigenvalue weighted by Crippen LogP contribution is 2.21. The third-order valence-corrected chi connectivity index (χ3v) is 4.50. The van der Waals surface area contributed by atoms with Crippen molar-refractivity contribution in [1.29, 1.82) is 0 Å². The van der Waals surface area contributed by atoms with Crippen LogP contribution in [0.25, 0.3) is 0 Å². The molecule has 2 rings (SSSR count). The number of ketones is 1. The van der Waals surface area contributed by atoms with Gasteiger partial charge in [0.1, 0.15) is 0 Å². The molecule has 0 bridgehead atoms. The van der Waals surface area contributed by atoms with Gasteiger partial charge in [-0.3, -0.25) is 4.79 Å². The number of aryl methyl sites for hydroxylation is 1. The zero-order valence-corrected chi connectivity index (χ0v) is 13.4. The van der Waals surface area contributed by atoms with E-state index in [0.717, 1.165) is 9.13 Å². The number of carbonyl (C=O) groups is 1. The molecule has 0 amide bonds. The van der Waals surface area contributed by atoms with Crippen molar-refractivity contribution in [3.8, 4) is 5.75 Å². The maximum atomic E-state index is 13.6. The van der Waals surface area contributed by atoms with Crippen LogP contribution in [0.1, 0.15) is 21.5 Å². The van der Waals surface area contributed by atoms with E-state index in [1.54, 1.807) is 18.2 Å². The van der Waals surface area contributed by atoms with E-state index in [1.165, 1.54) is 13.2 Å². The number of methoxy groups -OCH3 is 1. The summed E-state index contributed by atoms with van der Waals surface area (Å²) in [4.78, 5) is 12.3. The van der Waals surface area contributed by atoms with Crippen LogP contribution in [0, 0.1) is 16.3 Å². The summed E-state index contributed by atoms with van der Waals surface area (Å²) in [5.74, 6) is -0.272. The van der Waals surface area contributed by atoms with Crippen molar-refractivity contribution < 1.29 is 13.9 Å². The first kappa shape index (κ1) is 15.0. The molecule has 2 nitrogen and oxygen atoms in total. The summed E-state index contributed by atoms with van der Waals surface area (Å²) < 4.78 is 19.4. The number of hydrogen-bond acceptors (Lipinski definition) is 2. The SMILES string of the molecule is COc1ccc(CC(=O)c2cccc(C)c2I)cc1F. The minimum absolute atomic E-state index is 0.0114. The number of hydrogen-bond donors (Lipinski definition) is 0. The van der Waals surface area contributed by atoms with Crippen molar-refractivity contribution in [2.75, 3.05) is 7.11 Å². The molecular formula is C16H14FIO2. The molecule has 104 valence electrons. The van der Waals surface area contributed by atoms with Gasteiger partial charge in [0.25, 0.3) is 0 Å². The maximum absolute atomic E-state index is 13.6. The van der Waals surface area contributed by atoms with Crippen molar-refractivity contribution in [2.24, 2.45) is 0 Å². The first-order chi connectivity index (χ1) is 9.52. The summed E-state index contributed by atoms with van der Waals surface area (Å²) in [5.41, 5.74) is 2.39. The minimum atomic E-state index is -0.447. The largest absolute Gasteiger partial charge is 0.494 e. The summed E-state index contributed by atoms with van der Waals surface area (Å²) in [7, 11) is 1.42. The van der Waals surface area contributed by atoms with Gasteiger partial charge in [-0.2, -0.15) is 0 Å². The molecule has 0 spiro atoms. The van der Waals surface area contributed by atoms with Crippen molar-refractivity contribution in [2.45, 2.75) is 13.3 Å². The lowest BCUT2D eigenvalue weighted by Gasteiger charge is -2.07. The number of rotatable bonds is 4. The minimum Gasteiger partial charge on any atom is -0.494 e. The van der Waals surface area contributed by atoms with Gasteiger partial charge >= 0.3 is 0 Å². The molecule has 0 fully saturated rings. The molecule has 0 saturated heterocycles. The maximum Gasteiger partial charge on any atom is 0.168 e. The number of benzene rings is 2. The second kappa shape index (κ2) is 6.35. The Bertz CT molecular complexity index is 653. The summed E-state index contributed by atoms with van der Waals surface area (Å²) >= 11 is 2.17. The van der Waals surface area contributed by atoms with Crippen molar-refractivity contribution in [1.82, 2.24) is 0 Å². The quantitative estimate of drug-likeness (QED) is 0.584. The first-order valence-corrected chi connectivity index (χ1v) is 7.21. The van der Waals surface area contributed by atoms with E-state index in [1.807, 2.05) is 19.1 Å². The standard InChI is InChI=1S/C16H14FIO2/c1-10-4-3-5-12(16(10)18)14(19)9-11-6-7-15(20-2)13(17)8-11/h3-8H,9H2,1-2H3. The second-order valence-electron chi connectivity index (χ2n) is 4.51. The monoisotopic (exact) mass is 384 g/mol. The first-order valence-electron chi connectivity index (χ1n) is 6.13. The average Bonchev–Trinajstić information content (AvgIpc) is 2.42. The molecule has 0 radical (unpaired) electrons. The molecule has 2 aromatic rings. The molecule has 0 saturated carbocycles. The fourth-order valence-corrected chi connectivity index (χ4v) is 2.62. The Labute approximate surface area is 131 Å². The molecular weight excluding hydrogens is 370 g/mol. The third kappa shape index (κ3) is 3.17. The van der Waals surface area contributed by atoms with Crippen molar-refractivity contribution >= 4 is 28.4 Å². The van der Waals surface area contributed by atoms with Crippen LogP contribution in [0.3, 0.4) is 0 Å². The van der Waals surface area contributed by atoms with Gasteiger partial charge in [0.2, 0.25) is 0 Å². The van der Waals surface area contributed by atoms with Crippen LogP contribution in [0.2, 0.25) is 0 Å². The zero-order chi connectivity index (χ0) is 14.7. The average molecular weight is 384 g/mol. The number of carbonyl (C=O) groups excluding carboxylic acids is 1. The van der Waals surface area contributed by atoms with Gasteiger partial charge in [0.05, 0.1) is 7.11 Å². The zero-order valence-electron chi connectivity index (χ0n) is 11.2. The summed E-state index contributed by atoms with van der Waals surface area (Å²) in [6.07, 6.45) is 0.181. The normalized spacial score (nSPS) is 10.4. The Morgan fingerprint density at radius 2 is 2.05 bits per heavy atom. The predicted molar refractivity (Wildman–Crippen MR) is 84.9 cm³/mol. The molecule has 20 heavy (non-hydrogen) atoms. The van der Waals surface area contributed by atoms with Crippen LogP contribution in [-0.2, 0) is 6.42 Å². The van der Waals surface area contributed by atoms with E-state index in [0.29, 0.717) is 11.1 Å². The Balaban J connectivity index is 2.24. The van der Waals surface area contributed by atoms with Gasteiger partial charge in [0.15, 0.2) is 17.3 Å². The topological polar surface area (TPSA) is 26.3 Å². The molecule has 4 heteroatoms. The highest BCUT2D eigenvalue weighted by molar-refractivity contribution is 14.1. The lowest BCUT2D eigenvalue weighted by Crippen LogP contribution is -2.07. The third-order valence-electron chi connectivity index (χ3n) is 3.07. The highest BCUT2D eigenvalue weighted by atomic mass is 127. The van der Waals surface area contributed by atoms with Crippen molar-refractivity contribution in [3.05, 3.63) is 62.5 Å². The van der Waals surface area contributed by atoms with Gasteiger partial charge in [-0.05, 0) is 52.8 Å². The van der Waals surface area contributed by atoms with Crippen molar-refractivity contribution in [3.63, 3.8) is 0 Å². The van der Waals surface area contributed by atoms with Crippen LogP contribution in [-0.4, -0.2) is 12.9 Å². The molecule has 0 aliphatic rings. The lowest BCUT2D eigenvalue weighted by atomic mass is 10.0. The molecule has 0 unspecified atom stereocenters. The van der Waals surface area contributed by atoms with E-state index in [2.05, 4.69) is 22.6 Å². The fraction of sp³-hybridized carbons (Fsp3) is 0.188. The second-order valence-corrected chi connectivity index (χ2v) is 5.58. The Hall–Kier alpha value is -1.43. The van der Waals surface area contributed by atoms with E-state index in [4.69, 9.17) is 4.74 Å². The van der Waals surface area contributed by atoms with Gasteiger partial charge in [-0.25, -0.2) is 4.39 Å². The number of Topliss-reactive ketones (excluding diaryl/α,β-unsaturated/α-hetero) is 1. The molecule has 2 aromatic carbocycles. The van der Waals surface area contributed by atoms with Crippen LogP contribution in [0.4, 0.5) is 4.39 Å². The summed E-state index contributed by atoms with van der Waals surface area (Å²) in [6.45, 7) is 1.96. The van der Waals surface area contributed by atoms with Crippen LogP contribution in [0.5, 0.6) is 5.75 Å². The van der Waals surface area contributed by atoms with Gasteiger partial charge < -0.3 is 4.74 Å². The van der Waals surface area contributed by atoms with Gasteiger partial charge in [0, 0.05) is 15.6 Å². The Morgan fingerprint density at radius 1 is 1.30 bits per heavy atom.